The van der Waals surface area contributed by atoms with E-state index in [1.807, 2.05) is 0 Å². The fourth-order valence-corrected chi connectivity index (χ4v) is 2.69. The summed E-state index contributed by atoms with van der Waals surface area (Å²) in [5, 5.41) is 29.5. The van der Waals surface area contributed by atoms with E-state index in [2.05, 4.69) is 0 Å². The topological polar surface area (TPSA) is 112 Å². The zero-order valence-electron chi connectivity index (χ0n) is 11.6. The first-order valence-electron chi connectivity index (χ1n) is 6.59. The van der Waals surface area contributed by atoms with Crippen LogP contribution in [0.4, 0.5) is 0 Å². The van der Waals surface area contributed by atoms with Gasteiger partial charge in [-0.1, -0.05) is 18.2 Å². The lowest BCUT2D eigenvalue weighted by Crippen LogP contribution is -2.08. The molecule has 3 aromatic rings. The minimum absolute atomic E-state index is 0.101. The number of carbonyl (C=O) groups is 3. The van der Waals surface area contributed by atoms with Crippen molar-refractivity contribution in [2.45, 2.75) is 0 Å². The van der Waals surface area contributed by atoms with Gasteiger partial charge in [0.1, 0.15) is 0 Å². The molecule has 0 aliphatic heterocycles. The molecule has 0 radical (unpaired) electrons. The van der Waals surface area contributed by atoms with Gasteiger partial charge in [-0.25, -0.2) is 14.4 Å². The van der Waals surface area contributed by atoms with Gasteiger partial charge in [-0.3, -0.25) is 0 Å². The van der Waals surface area contributed by atoms with Gasteiger partial charge in [-0.2, -0.15) is 0 Å². The SMILES string of the molecule is O=C(O)c1ccc2cc3c(C(=O)O)cccc3cc2c1C(=O)O. The maximum atomic E-state index is 11.5. The van der Waals surface area contributed by atoms with E-state index in [1.54, 1.807) is 18.2 Å². The monoisotopic (exact) mass is 310 g/mol. The fourth-order valence-electron chi connectivity index (χ4n) is 2.69. The number of hydrogen-bond donors (Lipinski definition) is 3. The lowest BCUT2D eigenvalue weighted by atomic mass is 9.94. The lowest BCUT2D eigenvalue weighted by Gasteiger charge is -2.09. The molecule has 0 heterocycles. The fraction of sp³-hybridized carbons (Fsp3) is 0. The number of benzene rings is 3. The maximum absolute atomic E-state index is 11.5. The highest BCUT2D eigenvalue weighted by Gasteiger charge is 2.20. The molecule has 0 atom stereocenters. The van der Waals surface area contributed by atoms with Gasteiger partial charge in [-0.15, -0.1) is 0 Å². The van der Waals surface area contributed by atoms with E-state index < -0.39 is 17.9 Å². The maximum Gasteiger partial charge on any atom is 0.337 e. The molecule has 6 heteroatoms. The van der Waals surface area contributed by atoms with Crippen LogP contribution in [0, 0.1) is 0 Å². The van der Waals surface area contributed by atoms with Crippen molar-refractivity contribution >= 4 is 39.5 Å². The minimum Gasteiger partial charge on any atom is -0.478 e. The van der Waals surface area contributed by atoms with Crippen LogP contribution in [0.3, 0.4) is 0 Å². The first kappa shape index (κ1) is 14.5. The average molecular weight is 310 g/mol. The summed E-state index contributed by atoms with van der Waals surface area (Å²) in [5.41, 5.74) is -0.514. The van der Waals surface area contributed by atoms with Crippen molar-refractivity contribution in [1.29, 1.82) is 0 Å². The Hall–Kier alpha value is -3.41. The molecule has 0 amide bonds. The molecule has 3 rings (SSSR count). The van der Waals surface area contributed by atoms with E-state index in [0.29, 0.717) is 16.2 Å². The Morgan fingerprint density at radius 1 is 0.652 bits per heavy atom. The molecule has 0 spiro atoms. The van der Waals surface area contributed by atoms with Gasteiger partial charge in [0.25, 0.3) is 0 Å². The summed E-state index contributed by atoms with van der Waals surface area (Å²) in [4.78, 5) is 34.0. The van der Waals surface area contributed by atoms with Crippen molar-refractivity contribution in [1.82, 2.24) is 0 Å². The lowest BCUT2D eigenvalue weighted by molar-refractivity contribution is 0.0653. The highest BCUT2D eigenvalue weighted by atomic mass is 16.4. The average Bonchev–Trinajstić information content (AvgIpc) is 2.50. The second-order valence-electron chi connectivity index (χ2n) is 5.00. The summed E-state index contributed by atoms with van der Waals surface area (Å²) >= 11 is 0. The third-order valence-corrected chi connectivity index (χ3v) is 3.69. The van der Waals surface area contributed by atoms with Gasteiger partial charge in [0.15, 0.2) is 0 Å². The normalized spacial score (nSPS) is 10.8. The molecule has 23 heavy (non-hydrogen) atoms. The largest absolute Gasteiger partial charge is 0.478 e. The van der Waals surface area contributed by atoms with E-state index in [1.165, 1.54) is 24.3 Å². The minimum atomic E-state index is -1.35. The van der Waals surface area contributed by atoms with Gasteiger partial charge in [0.2, 0.25) is 0 Å². The van der Waals surface area contributed by atoms with E-state index >= 15 is 0 Å². The third-order valence-electron chi connectivity index (χ3n) is 3.69. The summed E-state index contributed by atoms with van der Waals surface area (Å²) in [6, 6.07) is 10.4. The van der Waals surface area contributed by atoms with Crippen LogP contribution in [0.2, 0.25) is 0 Å². The Morgan fingerprint density at radius 3 is 1.87 bits per heavy atom. The Morgan fingerprint density at radius 2 is 1.26 bits per heavy atom. The van der Waals surface area contributed by atoms with Crippen LogP contribution in [-0.2, 0) is 0 Å². The van der Waals surface area contributed by atoms with Crippen LogP contribution in [-0.4, -0.2) is 33.2 Å². The first-order chi connectivity index (χ1) is 10.9. The number of carboxylic acid groups (broad SMARTS) is 3. The van der Waals surface area contributed by atoms with E-state index in [9.17, 15) is 24.6 Å². The summed E-state index contributed by atoms with van der Waals surface area (Å²) in [5.74, 6) is -3.76. The van der Waals surface area contributed by atoms with Crippen molar-refractivity contribution in [3.8, 4) is 0 Å². The molecule has 0 unspecified atom stereocenters. The number of carboxylic acids is 3. The van der Waals surface area contributed by atoms with Crippen molar-refractivity contribution in [3.63, 3.8) is 0 Å². The van der Waals surface area contributed by atoms with Gasteiger partial charge >= 0.3 is 17.9 Å². The highest BCUT2D eigenvalue weighted by molar-refractivity contribution is 6.16. The molecule has 0 aromatic heterocycles. The standard InChI is InChI=1S/C17H10O6/c18-15(19)10-3-1-2-8-7-13-9(6-12(8)10)4-5-11(16(20)21)14(13)17(22)23/h1-7H,(H,18,19)(H,20,21)(H,22,23). The Balaban J connectivity index is 2.48. The molecule has 114 valence electrons. The Kier molecular flexibility index (Phi) is 3.22. The Labute approximate surface area is 129 Å². The summed E-state index contributed by atoms with van der Waals surface area (Å²) in [6.07, 6.45) is 0. The number of fused-ring (bicyclic) bond motifs is 2. The molecular weight excluding hydrogens is 300 g/mol. The molecule has 0 aliphatic carbocycles. The van der Waals surface area contributed by atoms with Gasteiger partial charge in [-0.05, 0) is 45.8 Å². The molecule has 0 bridgehead atoms. The van der Waals surface area contributed by atoms with E-state index in [-0.39, 0.29) is 22.1 Å². The smallest absolute Gasteiger partial charge is 0.337 e. The van der Waals surface area contributed by atoms with Gasteiger partial charge in [0.05, 0.1) is 16.7 Å². The van der Waals surface area contributed by atoms with Crippen LogP contribution < -0.4 is 0 Å². The second kappa shape index (κ2) is 5.10. The van der Waals surface area contributed by atoms with Crippen LogP contribution in [0.15, 0.2) is 42.5 Å². The number of rotatable bonds is 3. The van der Waals surface area contributed by atoms with Crippen molar-refractivity contribution < 1.29 is 29.7 Å². The molecular formula is C17H10O6. The van der Waals surface area contributed by atoms with E-state index in [0.717, 1.165) is 0 Å². The zero-order chi connectivity index (χ0) is 16.7. The summed E-state index contributed by atoms with van der Waals surface area (Å²) < 4.78 is 0. The Bertz CT molecular complexity index is 1000. The van der Waals surface area contributed by atoms with Crippen LogP contribution >= 0.6 is 0 Å². The predicted molar refractivity (Wildman–Crippen MR) is 82.3 cm³/mol. The molecule has 3 N–H and O–H groups in total. The molecule has 3 aromatic carbocycles. The molecule has 0 saturated heterocycles. The van der Waals surface area contributed by atoms with Crippen LogP contribution in [0.5, 0.6) is 0 Å². The number of aromatic carboxylic acids is 3. The molecule has 0 aliphatic rings. The molecule has 6 nitrogen and oxygen atoms in total. The van der Waals surface area contributed by atoms with Gasteiger partial charge < -0.3 is 15.3 Å². The summed E-state index contributed by atoms with van der Waals surface area (Å²) in [6.45, 7) is 0. The van der Waals surface area contributed by atoms with Crippen molar-refractivity contribution in [3.05, 3.63) is 59.2 Å². The van der Waals surface area contributed by atoms with Crippen molar-refractivity contribution in [2.24, 2.45) is 0 Å². The van der Waals surface area contributed by atoms with E-state index in [4.69, 9.17) is 5.11 Å². The zero-order valence-corrected chi connectivity index (χ0v) is 11.6. The van der Waals surface area contributed by atoms with Crippen LogP contribution in [0.1, 0.15) is 31.1 Å². The van der Waals surface area contributed by atoms with Gasteiger partial charge in [0, 0.05) is 0 Å². The van der Waals surface area contributed by atoms with Crippen molar-refractivity contribution in [2.75, 3.05) is 0 Å². The second-order valence-corrected chi connectivity index (χ2v) is 5.00. The molecule has 0 saturated carbocycles. The number of hydrogen-bond acceptors (Lipinski definition) is 3. The summed E-state index contributed by atoms with van der Waals surface area (Å²) in [7, 11) is 0. The quantitative estimate of drug-likeness (QED) is 0.641. The van der Waals surface area contributed by atoms with Crippen LogP contribution in [0.25, 0.3) is 21.5 Å². The highest BCUT2D eigenvalue weighted by Crippen LogP contribution is 2.29. The third kappa shape index (κ3) is 2.26. The molecule has 0 fully saturated rings. The first-order valence-corrected chi connectivity index (χ1v) is 6.59. The predicted octanol–water partition coefficient (Wildman–Crippen LogP) is 3.09.